The van der Waals surface area contributed by atoms with Gasteiger partial charge in [-0.05, 0) is 59.8 Å². The molecule has 0 radical (unpaired) electrons. The topological polar surface area (TPSA) is 98.8 Å². The van der Waals surface area contributed by atoms with Crippen LogP contribution in [0.3, 0.4) is 0 Å². The van der Waals surface area contributed by atoms with Crippen LogP contribution in [0.15, 0.2) is 50.3 Å². The summed E-state index contributed by atoms with van der Waals surface area (Å²) in [5.41, 5.74) is 1.17. The maximum atomic E-state index is 15.0. The largest absolute Gasteiger partial charge is 0.494 e. The minimum absolute atomic E-state index is 0.00399. The van der Waals surface area contributed by atoms with Gasteiger partial charge < -0.3 is 9.15 Å². The number of halogens is 2. The van der Waals surface area contributed by atoms with Crippen molar-refractivity contribution in [2.24, 2.45) is 16.8 Å². The van der Waals surface area contributed by atoms with Crippen LogP contribution in [-0.4, -0.2) is 35.7 Å². The lowest BCUT2D eigenvalue weighted by Crippen LogP contribution is -2.36. The van der Waals surface area contributed by atoms with Crippen molar-refractivity contribution in [3.05, 3.63) is 69.3 Å². The highest BCUT2D eigenvalue weighted by Gasteiger charge is 2.45. The van der Waals surface area contributed by atoms with Gasteiger partial charge in [0.1, 0.15) is 17.1 Å². The molecule has 1 aromatic carbocycles. The van der Waals surface area contributed by atoms with Gasteiger partial charge in [0.2, 0.25) is 0 Å². The number of carbonyl (C=O) groups is 3. The molecule has 210 valence electrons. The predicted octanol–water partition coefficient (Wildman–Crippen LogP) is 6.91. The van der Waals surface area contributed by atoms with Crippen LogP contribution < -0.4 is 4.74 Å². The SMILES string of the molecule is C=C(Cc1ccc(OC)c(F)c1C(C)=O)CC1(c2cc3nc(C)c(Br)cc3o2)N=CCC(=O)C(C)C(C)CC1=O. The lowest BCUT2D eigenvalue weighted by molar-refractivity contribution is -0.127. The first-order chi connectivity index (χ1) is 18.9. The number of hydrogen-bond acceptors (Lipinski definition) is 7. The van der Waals surface area contributed by atoms with E-state index in [1.807, 2.05) is 20.8 Å². The summed E-state index contributed by atoms with van der Waals surface area (Å²) in [5.74, 6) is -1.68. The van der Waals surface area contributed by atoms with Crippen molar-refractivity contribution in [2.75, 3.05) is 7.11 Å². The average molecular weight is 612 g/mol. The van der Waals surface area contributed by atoms with E-state index in [4.69, 9.17) is 14.1 Å². The van der Waals surface area contributed by atoms with Crippen LogP contribution in [0.4, 0.5) is 4.39 Å². The minimum Gasteiger partial charge on any atom is -0.494 e. The van der Waals surface area contributed by atoms with Crippen LogP contribution in [0.2, 0.25) is 0 Å². The Labute approximate surface area is 241 Å². The van der Waals surface area contributed by atoms with Gasteiger partial charge in [0.15, 0.2) is 34.3 Å². The molecule has 9 heteroatoms. The first-order valence-electron chi connectivity index (χ1n) is 13.1. The number of furan rings is 1. The molecule has 3 atom stereocenters. The summed E-state index contributed by atoms with van der Waals surface area (Å²) in [6, 6.07) is 6.58. The van der Waals surface area contributed by atoms with Crippen molar-refractivity contribution in [3.8, 4) is 5.75 Å². The Kier molecular flexibility index (Phi) is 8.54. The Morgan fingerprint density at radius 2 is 2.00 bits per heavy atom. The standard InChI is InChI=1S/C31H32BrFN2O5/c1-16(11-21-7-8-25(39-6)30(33)29(21)20(5)36)15-31(27(38)12-17(2)18(3)24(37)9-10-34-31)28-14-23-26(40-28)13-22(32)19(4)35-23/h7-8,10,13-14,17-18H,1,9,11-12,15H2,2-6H3. The Morgan fingerprint density at radius 1 is 1.27 bits per heavy atom. The van der Waals surface area contributed by atoms with Crippen LogP contribution in [0, 0.1) is 24.6 Å². The highest BCUT2D eigenvalue weighted by atomic mass is 79.9. The Hall–Kier alpha value is -3.46. The van der Waals surface area contributed by atoms with Crippen molar-refractivity contribution in [2.45, 2.75) is 58.9 Å². The molecule has 0 spiro atoms. The molecule has 0 saturated heterocycles. The number of aromatic nitrogens is 1. The predicted molar refractivity (Wildman–Crippen MR) is 155 cm³/mol. The lowest BCUT2D eigenvalue weighted by Gasteiger charge is -2.29. The van der Waals surface area contributed by atoms with E-state index < -0.39 is 17.1 Å². The molecule has 7 nitrogen and oxygen atoms in total. The Bertz CT molecular complexity index is 1520. The molecule has 4 rings (SSSR count). The maximum absolute atomic E-state index is 15.0. The van der Waals surface area contributed by atoms with E-state index in [1.54, 1.807) is 18.2 Å². The summed E-state index contributed by atoms with van der Waals surface area (Å²) < 4.78 is 27.1. The number of Topliss-reactive ketones (excluding diaryl/α,β-unsaturated/α-hetero) is 3. The number of hydrogen-bond donors (Lipinski definition) is 0. The Morgan fingerprint density at radius 3 is 2.67 bits per heavy atom. The van der Waals surface area contributed by atoms with Gasteiger partial charge in [-0.1, -0.05) is 32.1 Å². The van der Waals surface area contributed by atoms with Crippen LogP contribution in [0.5, 0.6) is 5.75 Å². The quantitative estimate of drug-likeness (QED) is 0.213. The second-order valence-corrected chi connectivity index (χ2v) is 11.4. The molecule has 0 N–H and O–H groups in total. The van der Waals surface area contributed by atoms with Crippen molar-refractivity contribution in [3.63, 3.8) is 0 Å². The monoisotopic (exact) mass is 610 g/mol. The zero-order valence-corrected chi connectivity index (χ0v) is 24.9. The van der Waals surface area contributed by atoms with Crippen molar-refractivity contribution < 1.29 is 27.9 Å². The number of fused-ring (bicyclic) bond motifs is 1. The number of nitrogens with zero attached hydrogens (tertiary/aromatic N) is 2. The molecule has 1 aliphatic rings. The van der Waals surface area contributed by atoms with Crippen molar-refractivity contribution in [1.82, 2.24) is 4.98 Å². The number of carbonyl (C=O) groups excluding carboxylic acids is 3. The number of aryl methyl sites for hydroxylation is 1. The molecule has 0 bridgehead atoms. The third-order valence-electron chi connectivity index (χ3n) is 7.68. The molecule has 2 aromatic heterocycles. The third kappa shape index (κ3) is 5.57. The molecular formula is C31H32BrFN2O5. The van der Waals surface area contributed by atoms with Crippen molar-refractivity contribution >= 4 is 50.6 Å². The second-order valence-electron chi connectivity index (χ2n) is 10.6. The fourth-order valence-electron chi connectivity index (χ4n) is 5.16. The molecule has 1 aliphatic heterocycles. The number of rotatable bonds is 7. The summed E-state index contributed by atoms with van der Waals surface area (Å²) in [6.07, 6.45) is 1.81. The second kappa shape index (κ2) is 11.6. The summed E-state index contributed by atoms with van der Waals surface area (Å²) in [7, 11) is 1.33. The molecule has 0 fully saturated rings. The van der Waals surface area contributed by atoms with Gasteiger partial charge in [0.05, 0.1) is 18.4 Å². The first-order valence-corrected chi connectivity index (χ1v) is 13.9. The van der Waals surface area contributed by atoms with Gasteiger partial charge in [-0.25, -0.2) is 9.37 Å². The highest BCUT2D eigenvalue weighted by Crippen LogP contribution is 2.41. The van der Waals surface area contributed by atoms with E-state index in [0.717, 1.165) is 10.2 Å². The maximum Gasteiger partial charge on any atom is 0.179 e. The number of aliphatic imine (C=N–C) groups is 1. The van der Waals surface area contributed by atoms with Gasteiger partial charge in [0, 0.05) is 41.9 Å². The zero-order chi connectivity index (χ0) is 29.4. The van der Waals surface area contributed by atoms with Crippen LogP contribution in [0.25, 0.3) is 11.1 Å². The van der Waals surface area contributed by atoms with E-state index >= 15 is 4.39 Å². The highest BCUT2D eigenvalue weighted by molar-refractivity contribution is 9.10. The van der Waals surface area contributed by atoms with Crippen LogP contribution in [0.1, 0.15) is 67.4 Å². The first kappa shape index (κ1) is 29.5. The number of ether oxygens (including phenoxy) is 1. The average Bonchev–Trinajstić information content (AvgIpc) is 3.30. The smallest absolute Gasteiger partial charge is 0.179 e. The molecule has 3 heterocycles. The van der Waals surface area contributed by atoms with Crippen LogP contribution >= 0.6 is 15.9 Å². The number of methoxy groups -OCH3 is 1. The number of ketones is 3. The molecule has 0 aliphatic carbocycles. The zero-order valence-electron chi connectivity index (χ0n) is 23.3. The van der Waals surface area contributed by atoms with Gasteiger partial charge in [-0.3, -0.25) is 19.4 Å². The lowest BCUT2D eigenvalue weighted by atomic mass is 9.78. The van der Waals surface area contributed by atoms with E-state index in [2.05, 4.69) is 27.5 Å². The third-order valence-corrected chi connectivity index (χ3v) is 8.49. The fourth-order valence-corrected chi connectivity index (χ4v) is 5.45. The summed E-state index contributed by atoms with van der Waals surface area (Å²) in [5, 5.41) is 0. The van der Waals surface area contributed by atoms with E-state index in [1.165, 1.54) is 26.3 Å². The molecule has 40 heavy (non-hydrogen) atoms. The van der Waals surface area contributed by atoms with Gasteiger partial charge in [-0.2, -0.15) is 0 Å². The number of pyridine rings is 1. The molecule has 0 amide bonds. The molecule has 3 aromatic rings. The Balaban J connectivity index is 1.82. The fraction of sp³-hybridized carbons (Fsp3) is 0.387. The minimum atomic E-state index is -1.52. The number of benzene rings is 1. The van der Waals surface area contributed by atoms with Gasteiger partial charge in [-0.15, -0.1) is 0 Å². The van der Waals surface area contributed by atoms with E-state index in [9.17, 15) is 14.4 Å². The molecular weight excluding hydrogens is 579 g/mol. The molecule has 3 unspecified atom stereocenters. The van der Waals surface area contributed by atoms with Crippen molar-refractivity contribution in [1.29, 1.82) is 0 Å². The van der Waals surface area contributed by atoms with Gasteiger partial charge in [0.25, 0.3) is 0 Å². The van der Waals surface area contributed by atoms with Gasteiger partial charge >= 0.3 is 0 Å². The van der Waals surface area contributed by atoms with E-state index in [-0.39, 0.29) is 66.2 Å². The normalized spacial score (nSPS) is 21.7. The summed E-state index contributed by atoms with van der Waals surface area (Å²) >= 11 is 3.48. The van der Waals surface area contributed by atoms with Crippen LogP contribution in [-0.2, 0) is 21.5 Å². The molecule has 0 saturated carbocycles. The summed E-state index contributed by atoms with van der Waals surface area (Å²) in [4.78, 5) is 48.5. The summed E-state index contributed by atoms with van der Waals surface area (Å²) in [6.45, 7) is 11.1. The van der Waals surface area contributed by atoms with E-state index in [0.29, 0.717) is 22.2 Å².